The molecule has 5 nitrogen and oxygen atoms in total. The van der Waals surface area contributed by atoms with E-state index in [1.807, 2.05) is 30.3 Å². The number of benzene rings is 2. The van der Waals surface area contributed by atoms with Gasteiger partial charge in [-0.1, -0.05) is 48.5 Å². The number of nitrogens with zero attached hydrogens (tertiary/aromatic N) is 1. The van der Waals surface area contributed by atoms with Gasteiger partial charge in [-0.2, -0.15) is 0 Å². The molecular weight excluding hydrogens is 364 g/mol. The number of hydrogen-bond acceptors (Lipinski definition) is 4. The molecular formula is C24H20N2O3. The summed E-state index contributed by atoms with van der Waals surface area (Å²) in [4.78, 5) is 39.7. The van der Waals surface area contributed by atoms with Crippen LogP contribution in [0.3, 0.4) is 0 Å². The van der Waals surface area contributed by atoms with Crippen LogP contribution in [0, 0.1) is 0 Å². The molecule has 0 aliphatic rings. The van der Waals surface area contributed by atoms with Crippen LogP contribution in [0.15, 0.2) is 85.2 Å². The Hall–Kier alpha value is -3.86. The largest absolute Gasteiger partial charge is 0.342 e. The number of allylic oxidation sites excluding steroid dienone is 1. The van der Waals surface area contributed by atoms with E-state index >= 15 is 0 Å². The van der Waals surface area contributed by atoms with Crippen molar-refractivity contribution in [1.29, 1.82) is 0 Å². The van der Waals surface area contributed by atoms with Gasteiger partial charge in [0.15, 0.2) is 5.78 Å². The Morgan fingerprint density at radius 1 is 0.897 bits per heavy atom. The van der Waals surface area contributed by atoms with E-state index in [1.165, 1.54) is 6.08 Å². The quantitative estimate of drug-likeness (QED) is 0.366. The summed E-state index contributed by atoms with van der Waals surface area (Å²) in [5.41, 5.74) is 2.78. The molecule has 144 valence electrons. The average Bonchev–Trinajstić information content (AvgIpc) is 2.78. The highest BCUT2D eigenvalue weighted by Crippen LogP contribution is 2.09. The molecule has 0 spiro atoms. The molecule has 3 aromatic rings. The summed E-state index contributed by atoms with van der Waals surface area (Å²) in [6, 6.07) is 19.0. The molecule has 0 bridgehead atoms. The first-order valence-corrected chi connectivity index (χ1v) is 9.18. The number of nitrogens with one attached hydrogen (secondary N) is 1. The van der Waals surface area contributed by atoms with Gasteiger partial charge in [0, 0.05) is 23.5 Å². The normalized spacial score (nSPS) is 11.7. The molecule has 29 heavy (non-hydrogen) atoms. The second-order valence-corrected chi connectivity index (χ2v) is 6.46. The first-order valence-electron chi connectivity index (χ1n) is 9.18. The van der Waals surface area contributed by atoms with Gasteiger partial charge in [-0.05, 0) is 47.9 Å². The maximum atomic E-state index is 12.4. The molecule has 2 aromatic carbocycles. The van der Waals surface area contributed by atoms with E-state index in [9.17, 15) is 14.4 Å². The summed E-state index contributed by atoms with van der Waals surface area (Å²) in [6.45, 7) is 0. The van der Waals surface area contributed by atoms with Crippen LogP contribution in [0.5, 0.6) is 0 Å². The van der Waals surface area contributed by atoms with E-state index in [1.54, 1.807) is 54.9 Å². The van der Waals surface area contributed by atoms with Crippen LogP contribution in [0.4, 0.5) is 0 Å². The Labute approximate surface area is 169 Å². The number of carbonyl (C=O) groups is 3. The van der Waals surface area contributed by atoms with Crippen LogP contribution >= 0.6 is 0 Å². The van der Waals surface area contributed by atoms with Gasteiger partial charge in [0.05, 0.1) is 6.04 Å². The lowest BCUT2D eigenvalue weighted by molar-refractivity contribution is -0.109. The van der Waals surface area contributed by atoms with Gasteiger partial charge in [0.2, 0.25) is 0 Å². The van der Waals surface area contributed by atoms with E-state index in [0.717, 1.165) is 17.4 Å². The molecule has 1 aromatic heterocycles. The van der Waals surface area contributed by atoms with Crippen LogP contribution in [-0.4, -0.2) is 29.0 Å². The fourth-order valence-electron chi connectivity index (χ4n) is 2.78. The van der Waals surface area contributed by atoms with Gasteiger partial charge in [-0.15, -0.1) is 0 Å². The highest BCUT2D eigenvalue weighted by atomic mass is 16.2. The van der Waals surface area contributed by atoms with Gasteiger partial charge in [-0.25, -0.2) is 0 Å². The summed E-state index contributed by atoms with van der Waals surface area (Å²) >= 11 is 0. The van der Waals surface area contributed by atoms with Crippen LogP contribution in [0.25, 0.3) is 6.08 Å². The van der Waals surface area contributed by atoms with E-state index in [-0.39, 0.29) is 11.7 Å². The van der Waals surface area contributed by atoms with E-state index in [4.69, 9.17) is 0 Å². The van der Waals surface area contributed by atoms with Crippen molar-refractivity contribution in [1.82, 2.24) is 10.3 Å². The molecule has 1 atom stereocenters. The molecule has 1 heterocycles. The minimum absolute atomic E-state index is 0.121. The van der Waals surface area contributed by atoms with Crippen LogP contribution in [0.1, 0.15) is 31.8 Å². The average molecular weight is 384 g/mol. The lowest BCUT2D eigenvalue weighted by Gasteiger charge is -2.13. The first-order chi connectivity index (χ1) is 14.2. The number of carbonyl (C=O) groups excluding carboxylic acids is 3. The fraction of sp³-hybridized carbons (Fsp3) is 0.0833. The molecule has 0 aliphatic heterocycles. The number of pyridine rings is 1. The predicted molar refractivity (Wildman–Crippen MR) is 112 cm³/mol. The Balaban J connectivity index is 1.60. The SMILES string of the molecule is O=C[C@H](Cc1ccccc1)NC(=O)c1ccc(/C=C/C(=O)c2ccncc2)cc1. The van der Waals surface area contributed by atoms with E-state index in [0.29, 0.717) is 17.5 Å². The first kappa shape index (κ1) is 19.9. The Bertz CT molecular complexity index is 997. The maximum absolute atomic E-state index is 12.4. The van der Waals surface area contributed by atoms with Crippen LogP contribution in [0.2, 0.25) is 0 Å². The van der Waals surface area contributed by atoms with Crippen LogP contribution < -0.4 is 5.32 Å². The third-order valence-corrected chi connectivity index (χ3v) is 4.34. The zero-order valence-corrected chi connectivity index (χ0v) is 15.7. The minimum Gasteiger partial charge on any atom is -0.342 e. The monoisotopic (exact) mass is 384 g/mol. The second-order valence-electron chi connectivity index (χ2n) is 6.46. The highest BCUT2D eigenvalue weighted by molar-refractivity contribution is 6.06. The smallest absolute Gasteiger partial charge is 0.251 e. The maximum Gasteiger partial charge on any atom is 0.251 e. The zero-order chi connectivity index (χ0) is 20.5. The standard InChI is InChI=1S/C24H20N2O3/c27-17-22(16-19-4-2-1-3-5-19)26-24(29)21-9-6-18(7-10-21)8-11-23(28)20-12-14-25-15-13-20/h1-15,17,22H,16H2,(H,26,29)/b11-8+/t22-/m0/s1. The number of hydrogen-bond donors (Lipinski definition) is 1. The summed E-state index contributed by atoms with van der Waals surface area (Å²) < 4.78 is 0. The summed E-state index contributed by atoms with van der Waals surface area (Å²) in [7, 11) is 0. The summed E-state index contributed by atoms with van der Waals surface area (Å²) in [5, 5.41) is 2.74. The third kappa shape index (κ3) is 5.81. The fourth-order valence-corrected chi connectivity index (χ4v) is 2.78. The number of amides is 1. The third-order valence-electron chi connectivity index (χ3n) is 4.34. The minimum atomic E-state index is -0.595. The van der Waals surface area contributed by atoms with Crippen molar-refractivity contribution >= 4 is 24.1 Å². The molecule has 0 unspecified atom stereocenters. The molecule has 3 rings (SSSR count). The van der Waals surface area contributed by atoms with Crippen molar-refractivity contribution < 1.29 is 14.4 Å². The van der Waals surface area contributed by atoms with Crippen molar-refractivity contribution in [3.05, 3.63) is 107 Å². The Morgan fingerprint density at radius 2 is 1.59 bits per heavy atom. The zero-order valence-electron chi connectivity index (χ0n) is 15.7. The number of aromatic nitrogens is 1. The van der Waals surface area contributed by atoms with Gasteiger partial charge in [-0.3, -0.25) is 14.6 Å². The van der Waals surface area contributed by atoms with Gasteiger partial charge in [0.1, 0.15) is 6.29 Å². The molecule has 1 N–H and O–H groups in total. The summed E-state index contributed by atoms with van der Waals surface area (Å²) in [5.74, 6) is -0.439. The van der Waals surface area contributed by atoms with Crippen molar-refractivity contribution in [3.63, 3.8) is 0 Å². The molecule has 1 amide bonds. The predicted octanol–water partition coefficient (Wildman–Crippen LogP) is 3.52. The topological polar surface area (TPSA) is 76.1 Å². The van der Waals surface area contributed by atoms with Crippen molar-refractivity contribution in [2.24, 2.45) is 0 Å². The second kappa shape index (κ2) is 9.90. The number of ketones is 1. The Morgan fingerprint density at radius 3 is 2.24 bits per heavy atom. The molecule has 0 saturated carbocycles. The van der Waals surface area contributed by atoms with E-state index < -0.39 is 6.04 Å². The van der Waals surface area contributed by atoms with Crippen molar-refractivity contribution in [3.8, 4) is 0 Å². The number of aldehydes is 1. The van der Waals surface area contributed by atoms with Gasteiger partial charge >= 0.3 is 0 Å². The highest BCUT2D eigenvalue weighted by Gasteiger charge is 2.13. The van der Waals surface area contributed by atoms with E-state index in [2.05, 4.69) is 10.3 Å². The Kier molecular flexibility index (Phi) is 6.79. The van der Waals surface area contributed by atoms with Crippen LogP contribution in [-0.2, 0) is 11.2 Å². The van der Waals surface area contributed by atoms with Gasteiger partial charge in [0.25, 0.3) is 5.91 Å². The number of rotatable bonds is 8. The molecule has 0 saturated heterocycles. The lowest BCUT2D eigenvalue weighted by Crippen LogP contribution is -2.37. The molecule has 0 aliphatic carbocycles. The van der Waals surface area contributed by atoms with Gasteiger partial charge < -0.3 is 10.1 Å². The van der Waals surface area contributed by atoms with Crippen molar-refractivity contribution in [2.75, 3.05) is 0 Å². The lowest BCUT2D eigenvalue weighted by atomic mass is 10.1. The van der Waals surface area contributed by atoms with Crippen molar-refractivity contribution in [2.45, 2.75) is 12.5 Å². The molecule has 0 radical (unpaired) electrons. The molecule has 5 heteroatoms. The molecule has 0 fully saturated rings. The summed E-state index contributed by atoms with van der Waals surface area (Å²) in [6.07, 6.45) is 7.49.